The molecule has 0 spiro atoms. The van der Waals surface area contributed by atoms with Crippen LogP contribution in [0.4, 0.5) is 0 Å². The monoisotopic (exact) mass is 222 g/mol. The minimum atomic E-state index is -0.699. The molecule has 0 saturated carbocycles. The molecule has 1 unspecified atom stereocenters. The average molecular weight is 222 g/mol. The zero-order chi connectivity index (χ0) is 11.5. The van der Waals surface area contributed by atoms with Crippen molar-refractivity contribution >= 4 is 5.97 Å². The summed E-state index contributed by atoms with van der Waals surface area (Å²) in [5.41, 5.74) is 2.61. The first-order chi connectivity index (χ1) is 7.72. The summed E-state index contributed by atoms with van der Waals surface area (Å²) >= 11 is 0. The molecule has 0 aliphatic heterocycles. The van der Waals surface area contributed by atoms with Crippen LogP contribution in [-0.2, 0) is 17.8 Å². The van der Waals surface area contributed by atoms with Gasteiger partial charge in [0.2, 0.25) is 0 Å². The number of carbonyl (C=O) groups is 1. The Morgan fingerprint density at radius 2 is 2.50 bits per heavy atom. The van der Waals surface area contributed by atoms with Crippen LogP contribution in [0.2, 0.25) is 0 Å². The molecule has 4 heteroatoms. The highest BCUT2D eigenvalue weighted by molar-refractivity contribution is 5.66. The van der Waals surface area contributed by atoms with Crippen LogP contribution in [0.5, 0.6) is 0 Å². The maximum atomic E-state index is 10.6. The Hall–Kier alpha value is -1.32. The number of carboxylic acid groups (broad SMARTS) is 1. The summed E-state index contributed by atoms with van der Waals surface area (Å²) in [5.74, 6) is -0.296. The minimum Gasteiger partial charge on any atom is -0.481 e. The first-order valence-corrected chi connectivity index (χ1v) is 5.98. The van der Waals surface area contributed by atoms with Gasteiger partial charge in [0.25, 0.3) is 0 Å². The van der Waals surface area contributed by atoms with Gasteiger partial charge in [0, 0.05) is 18.7 Å². The zero-order valence-corrected chi connectivity index (χ0v) is 9.65. The van der Waals surface area contributed by atoms with Crippen molar-refractivity contribution in [3.63, 3.8) is 0 Å². The average Bonchev–Trinajstić information content (AvgIpc) is 2.69. The SMILES string of the molecule is CCn1ncc2c1CCCC2CCC(=O)O. The Labute approximate surface area is 95.3 Å². The van der Waals surface area contributed by atoms with E-state index in [2.05, 4.69) is 12.0 Å². The van der Waals surface area contributed by atoms with Crippen molar-refractivity contribution < 1.29 is 9.90 Å². The van der Waals surface area contributed by atoms with E-state index in [9.17, 15) is 4.79 Å². The van der Waals surface area contributed by atoms with Gasteiger partial charge in [-0.3, -0.25) is 9.48 Å². The third-order valence-electron chi connectivity index (χ3n) is 3.39. The normalized spacial score (nSPS) is 19.4. The molecule has 4 nitrogen and oxygen atoms in total. The zero-order valence-electron chi connectivity index (χ0n) is 9.65. The Bertz CT molecular complexity index is 384. The van der Waals surface area contributed by atoms with Crippen LogP contribution in [0, 0.1) is 0 Å². The second kappa shape index (κ2) is 4.68. The molecule has 1 aliphatic carbocycles. The summed E-state index contributed by atoms with van der Waals surface area (Å²) in [4.78, 5) is 10.6. The molecule has 1 aliphatic rings. The highest BCUT2D eigenvalue weighted by Crippen LogP contribution is 2.34. The third-order valence-corrected chi connectivity index (χ3v) is 3.39. The van der Waals surface area contributed by atoms with E-state index in [4.69, 9.17) is 5.11 Å². The Kier molecular flexibility index (Phi) is 3.27. The lowest BCUT2D eigenvalue weighted by Crippen LogP contribution is -2.13. The number of hydrogen-bond donors (Lipinski definition) is 1. The standard InChI is InChI=1S/C12H18N2O2/c1-2-14-11-5-3-4-9(6-7-12(15)16)10(11)8-13-14/h8-9H,2-7H2,1H3,(H,15,16). The predicted octanol–water partition coefficient (Wildman–Crippen LogP) is 2.19. The summed E-state index contributed by atoms with van der Waals surface area (Å²) in [6.07, 6.45) is 6.30. The smallest absolute Gasteiger partial charge is 0.303 e. The molecule has 1 aromatic rings. The van der Waals surface area contributed by atoms with Crippen LogP contribution in [-0.4, -0.2) is 20.9 Å². The molecule has 0 saturated heterocycles. The lowest BCUT2D eigenvalue weighted by Gasteiger charge is -2.22. The van der Waals surface area contributed by atoms with Crippen LogP contribution < -0.4 is 0 Å². The van der Waals surface area contributed by atoms with Crippen molar-refractivity contribution in [1.29, 1.82) is 0 Å². The van der Waals surface area contributed by atoms with Crippen molar-refractivity contribution in [3.8, 4) is 0 Å². The number of fused-ring (bicyclic) bond motifs is 1. The maximum absolute atomic E-state index is 10.6. The molecule has 1 N–H and O–H groups in total. The van der Waals surface area contributed by atoms with Gasteiger partial charge >= 0.3 is 5.97 Å². The van der Waals surface area contributed by atoms with E-state index in [0.29, 0.717) is 5.92 Å². The molecule has 0 aromatic carbocycles. The number of carboxylic acids is 1. The molecule has 0 amide bonds. The van der Waals surface area contributed by atoms with Crippen LogP contribution in [0.1, 0.15) is 49.8 Å². The van der Waals surface area contributed by atoms with E-state index in [-0.39, 0.29) is 6.42 Å². The van der Waals surface area contributed by atoms with E-state index in [1.807, 2.05) is 10.9 Å². The van der Waals surface area contributed by atoms with Crippen molar-refractivity contribution in [1.82, 2.24) is 9.78 Å². The minimum absolute atomic E-state index is 0.265. The van der Waals surface area contributed by atoms with Gasteiger partial charge < -0.3 is 5.11 Å². The number of aryl methyl sites for hydroxylation is 1. The second-order valence-electron chi connectivity index (χ2n) is 4.38. The molecule has 2 rings (SSSR count). The number of nitrogens with zero attached hydrogens (tertiary/aromatic N) is 2. The van der Waals surface area contributed by atoms with E-state index in [1.54, 1.807) is 0 Å². The fraction of sp³-hybridized carbons (Fsp3) is 0.667. The summed E-state index contributed by atoms with van der Waals surface area (Å²) in [6.45, 7) is 3.00. The van der Waals surface area contributed by atoms with Crippen molar-refractivity contribution in [2.24, 2.45) is 0 Å². The van der Waals surface area contributed by atoms with Gasteiger partial charge in [0.15, 0.2) is 0 Å². The number of aromatic nitrogens is 2. The molecule has 1 heterocycles. The highest BCUT2D eigenvalue weighted by Gasteiger charge is 2.24. The molecule has 0 fully saturated rings. The van der Waals surface area contributed by atoms with Gasteiger partial charge in [0.05, 0.1) is 6.20 Å². The van der Waals surface area contributed by atoms with Gasteiger partial charge in [-0.05, 0) is 44.1 Å². The number of aliphatic carboxylic acids is 1. The first kappa shape index (κ1) is 11.2. The molecule has 88 valence electrons. The van der Waals surface area contributed by atoms with E-state index in [0.717, 1.165) is 32.2 Å². The van der Waals surface area contributed by atoms with Gasteiger partial charge in [-0.15, -0.1) is 0 Å². The van der Waals surface area contributed by atoms with Crippen LogP contribution in [0.25, 0.3) is 0 Å². The summed E-state index contributed by atoms with van der Waals surface area (Å²) in [5, 5.41) is 13.1. The first-order valence-electron chi connectivity index (χ1n) is 5.98. The van der Waals surface area contributed by atoms with Gasteiger partial charge in [-0.2, -0.15) is 5.10 Å². The summed E-state index contributed by atoms with van der Waals surface area (Å²) < 4.78 is 2.04. The molecule has 16 heavy (non-hydrogen) atoms. The van der Waals surface area contributed by atoms with Crippen molar-refractivity contribution in [2.75, 3.05) is 0 Å². The molecule has 1 atom stereocenters. The van der Waals surface area contributed by atoms with Crippen LogP contribution >= 0.6 is 0 Å². The Balaban J connectivity index is 2.13. The van der Waals surface area contributed by atoms with E-state index >= 15 is 0 Å². The highest BCUT2D eigenvalue weighted by atomic mass is 16.4. The number of rotatable bonds is 4. The Morgan fingerprint density at radius 3 is 3.19 bits per heavy atom. The van der Waals surface area contributed by atoms with Gasteiger partial charge in [-0.25, -0.2) is 0 Å². The molecular weight excluding hydrogens is 204 g/mol. The van der Waals surface area contributed by atoms with E-state index < -0.39 is 5.97 Å². The fourth-order valence-electron chi connectivity index (χ4n) is 2.58. The van der Waals surface area contributed by atoms with Crippen molar-refractivity contribution in [3.05, 3.63) is 17.5 Å². The molecular formula is C12H18N2O2. The third kappa shape index (κ3) is 2.10. The largest absolute Gasteiger partial charge is 0.481 e. The topological polar surface area (TPSA) is 55.1 Å². The summed E-state index contributed by atoms with van der Waals surface area (Å²) in [7, 11) is 0. The Morgan fingerprint density at radius 1 is 1.69 bits per heavy atom. The van der Waals surface area contributed by atoms with Crippen molar-refractivity contribution in [2.45, 2.75) is 51.5 Å². The lowest BCUT2D eigenvalue weighted by molar-refractivity contribution is -0.137. The van der Waals surface area contributed by atoms with Gasteiger partial charge in [-0.1, -0.05) is 0 Å². The quantitative estimate of drug-likeness (QED) is 0.849. The van der Waals surface area contributed by atoms with Gasteiger partial charge in [0.1, 0.15) is 0 Å². The molecule has 0 radical (unpaired) electrons. The van der Waals surface area contributed by atoms with Crippen LogP contribution in [0.3, 0.4) is 0 Å². The lowest BCUT2D eigenvalue weighted by atomic mass is 9.84. The molecule has 0 bridgehead atoms. The van der Waals surface area contributed by atoms with E-state index in [1.165, 1.54) is 11.3 Å². The maximum Gasteiger partial charge on any atom is 0.303 e. The fourth-order valence-corrected chi connectivity index (χ4v) is 2.58. The predicted molar refractivity (Wildman–Crippen MR) is 60.4 cm³/mol. The number of hydrogen-bond acceptors (Lipinski definition) is 2. The summed E-state index contributed by atoms with van der Waals surface area (Å²) in [6, 6.07) is 0. The van der Waals surface area contributed by atoms with Crippen LogP contribution in [0.15, 0.2) is 6.20 Å². The molecule has 1 aromatic heterocycles. The second-order valence-corrected chi connectivity index (χ2v) is 4.38.